The molecule has 3 aromatic rings. The van der Waals surface area contributed by atoms with E-state index >= 15 is 0 Å². The van der Waals surface area contributed by atoms with Crippen molar-refractivity contribution in [2.45, 2.75) is 59.5 Å². The van der Waals surface area contributed by atoms with Crippen LogP contribution in [0, 0.1) is 12.3 Å². The van der Waals surface area contributed by atoms with Crippen LogP contribution in [0.1, 0.15) is 66.0 Å². The van der Waals surface area contributed by atoms with E-state index in [9.17, 15) is 14.7 Å². The van der Waals surface area contributed by atoms with Gasteiger partial charge in [-0.05, 0) is 56.0 Å². The summed E-state index contributed by atoms with van der Waals surface area (Å²) in [6.45, 7) is 8.28. The number of aliphatic carboxylic acids is 1. The molecule has 1 amide bonds. The molecule has 0 bridgehead atoms. The minimum atomic E-state index is -1.22. The lowest BCUT2D eigenvalue weighted by Gasteiger charge is -2.31. The molecule has 0 radical (unpaired) electrons. The van der Waals surface area contributed by atoms with Gasteiger partial charge in [0.25, 0.3) is 5.91 Å². The molecular weight excluding hydrogens is 472 g/mol. The topological polar surface area (TPSA) is 107 Å². The number of carbonyl (C=O) groups excluding carboxylic acids is 1. The molecule has 1 aliphatic rings. The zero-order valence-corrected chi connectivity index (χ0v) is 22.0. The van der Waals surface area contributed by atoms with Crippen molar-refractivity contribution in [3.05, 3.63) is 76.6 Å². The summed E-state index contributed by atoms with van der Waals surface area (Å²) in [6, 6.07) is 13.1. The monoisotopic (exact) mass is 506 g/mol. The van der Waals surface area contributed by atoms with E-state index < -0.39 is 17.5 Å². The molecule has 0 saturated heterocycles. The Kier molecular flexibility index (Phi) is 7.63. The third kappa shape index (κ3) is 5.67. The third-order valence-electron chi connectivity index (χ3n) is 6.87. The number of rotatable bonds is 9. The van der Waals surface area contributed by atoms with Gasteiger partial charge in [0, 0.05) is 13.6 Å². The molecule has 0 saturated carbocycles. The van der Waals surface area contributed by atoms with Gasteiger partial charge < -0.3 is 19.5 Å². The van der Waals surface area contributed by atoms with Crippen LogP contribution in [-0.4, -0.2) is 49.5 Å². The van der Waals surface area contributed by atoms with Crippen LogP contribution in [0.4, 0.5) is 0 Å². The average molecular weight is 507 g/mol. The van der Waals surface area contributed by atoms with Gasteiger partial charge in [-0.25, -0.2) is 0 Å². The van der Waals surface area contributed by atoms with Crippen LogP contribution in [0.15, 0.2) is 48.7 Å². The van der Waals surface area contributed by atoms with E-state index in [0.717, 1.165) is 23.1 Å². The van der Waals surface area contributed by atoms with Gasteiger partial charge in [-0.1, -0.05) is 42.5 Å². The number of aromatic nitrogens is 3. The predicted octanol–water partition coefficient (Wildman–Crippen LogP) is 4.31. The van der Waals surface area contributed by atoms with Gasteiger partial charge in [-0.2, -0.15) is 0 Å². The molecule has 2 atom stereocenters. The van der Waals surface area contributed by atoms with Crippen molar-refractivity contribution in [2.24, 2.45) is 12.5 Å². The molecule has 0 unspecified atom stereocenters. The van der Waals surface area contributed by atoms with Crippen LogP contribution in [0.3, 0.4) is 0 Å². The SMILES string of the molecule is CC[C@@H]1CN(Cc2cc([C@@H](OCc3cn(C)nn3)C(C)(C)C(=O)O)ccc2C)C(=O)c2ccccc2O1. The van der Waals surface area contributed by atoms with Gasteiger partial charge in [-0.3, -0.25) is 14.3 Å². The highest BCUT2D eigenvalue weighted by molar-refractivity contribution is 5.97. The molecule has 37 heavy (non-hydrogen) atoms. The summed E-state index contributed by atoms with van der Waals surface area (Å²) in [7, 11) is 1.76. The van der Waals surface area contributed by atoms with Gasteiger partial charge in [0.05, 0.1) is 36.4 Å². The summed E-state index contributed by atoms with van der Waals surface area (Å²) in [5.74, 6) is -0.452. The molecule has 2 heterocycles. The maximum Gasteiger partial charge on any atom is 0.312 e. The number of nitrogens with zero attached hydrogens (tertiary/aromatic N) is 4. The standard InChI is InChI=1S/C28H34N4O5/c1-6-22-16-32(26(33)23-9-7-8-10-24(23)37-22)14-20-13-19(12-11-18(20)2)25(28(3,4)27(34)35)36-17-21-15-31(5)30-29-21/h7-13,15,22,25H,6,14,16-17H2,1-5H3,(H,34,35)/t22-,25-/m1/s1. The first kappa shape index (κ1) is 26.3. The number of amides is 1. The van der Waals surface area contributed by atoms with Crippen molar-refractivity contribution in [3.8, 4) is 5.75 Å². The normalized spacial score (nSPS) is 16.6. The van der Waals surface area contributed by atoms with Crippen molar-refractivity contribution >= 4 is 11.9 Å². The first-order chi connectivity index (χ1) is 17.6. The fourth-order valence-corrected chi connectivity index (χ4v) is 4.50. The van der Waals surface area contributed by atoms with Crippen molar-refractivity contribution in [1.29, 1.82) is 0 Å². The van der Waals surface area contributed by atoms with Gasteiger partial charge in [-0.15, -0.1) is 5.10 Å². The summed E-state index contributed by atoms with van der Waals surface area (Å²) in [6.07, 6.45) is 1.63. The van der Waals surface area contributed by atoms with Crippen molar-refractivity contribution in [3.63, 3.8) is 0 Å². The number of fused-ring (bicyclic) bond motifs is 1. The zero-order valence-electron chi connectivity index (χ0n) is 22.0. The number of para-hydroxylation sites is 1. The summed E-state index contributed by atoms with van der Waals surface area (Å²) in [5, 5.41) is 18.0. The van der Waals surface area contributed by atoms with Crippen LogP contribution in [0.5, 0.6) is 5.75 Å². The Bertz CT molecular complexity index is 1290. The van der Waals surface area contributed by atoms with Crippen molar-refractivity contribution in [1.82, 2.24) is 19.9 Å². The minimum Gasteiger partial charge on any atom is -0.488 e. The Hall–Kier alpha value is -3.72. The molecule has 0 spiro atoms. The number of carboxylic acid groups (broad SMARTS) is 1. The number of carboxylic acids is 1. The number of benzene rings is 2. The quantitative estimate of drug-likeness (QED) is 0.461. The fraction of sp³-hybridized carbons (Fsp3) is 0.429. The number of carbonyl (C=O) groups is 2. The largest absolute Gasteiger partial charge is 0.488 e. The van der Waals surface area contributed by atoms with Crippen LogP contribution in [-0.2, 0) is 29.7 Å². The first-order valence-corrected chi connectivity index (χ1v) is 12.4. The maximum absolute atomic E-state index is 13.5. The molecule has 1 aromatic heterocycles. The molecule has 0 fully saturated rings. The second-order valence-corrected chi connectivity index (χ2v) is 10.1. The molecule has 1 N–H and O–H groups in total. The lowest BCUT2D eigenvalue weighted by Crippen LogP contribution is -2.36. The Morgan fingerprint density at radius 2 is 2.03 bits per heavy atom. The molecule has 0 aliphatic carbocycles. The maximum atomic E-state index is 13.5. The summed E-state index contributed by atoms with van der Waals surface area (Å²) < 4.78 is 13.9. The molecule has 196 valence electrons. The smallest absolute Gasteiger partial charge is 0.312 e. The van der Waals surface area contributed by atoms with E-state index in [4.69, 9.17) is 9.47 Å². The van der Waals surface area contributed by atoms with Crippen LogP contribution in [0.25, 0.3) is 0 Å². The van der Waals surface area contributed by atoms with Gasteiger partial charge in [0.15, 0.2) is 0 Å². The zero-order chi connectivity index (χ0) is 26.7. The lowest BCUT2D eigenvalue weighted by molar-refractivity contribution is -0.158. The molecule has 9 heteroatoms. The number of hydrogen-bond acceptors (Lipinski definition) is 6. The summed E-state index contributed by atoms with van der Waals surface area (Å²) in [4.78, 5) is 27.5. The average Bonchev–Trinajstić information content (AvgIpc) is 3.23. The van der Waals surface area contributed by atoms with Crippen LogP contribution in [0.2, 0.25) is 0 Å². The number of hydrogen-bond donors (Lipinski definition) is 1. The fourth-order valence-electron chi connectivity index (χ4n) is 4.50. The second kappa shape index (κ2) is 10.7. The van der Waals surface area contributed by atoms with E-state index in [-0.39, 0.29) is 18.6 Å². The first-order valence-electron chi connectivity index (χ1n) is 12.4. The summed E-state index contributed by atoms with van der Waals surface area (Å²) in [5.41, 5.74) is 2.60. The van der Waals surface area contributed by atoms with Gasteiger partial charge in [0.1, 0.15) is 17.5 Å². The molecule has 9 nitrogen and oxygen atoms in total. The van der Waals surface area contributed by atoms with Crippen molar-refractivity contribution < 1.29 is 24.2 Å². The number of ether oxygens (including phenoxy) is 2. The van der Waals surface area contributed by atoms with E-state index in [1.165, 1.54) is 0 Å². The number of aryl methyl sites for hydroxylation is 2. The molecule has 4 rings (SSSR count). The Morgan fingerprint density at radius 3 is 2.70 bits per heavy atom. The van der Waals surface area contributed by atoms with Gasteiger partial charge in [0.2, 0.25) is 0 Å². The highest BCUT2D eigenvalue weighted by atomic mass is 16.5. The highest BCUT2D eigenvalue weighted by Crippen LogP contribution is 2.38. The van der Waals surface area contributed by atoms with E-state index in [1.807, 2.05) is 55.1 Å². The van der Waals surface area contributed by atoms with Gasteiger partial charge >= 0.3 is 5.97 Å². The summed E-state index contributed by atoms with van der Waals surface area (Å²) >= 11 is 0. The second-order valence-electron chi connectivity index (χ2n) is 10.1. The molecule has 2 aromatic carbocycles. The van der Waals surface area contributed by atoms with E-state index in [0.29, 0.717) is 30.1 Å². The lowest BCUT2D eigenvalue weighted by atomic mass is 9.81. The Labute approximate surface area is 217 Å². The van der Waals surface area contributed by atoms with Crippen molar-refractivity contribution in [2.75, 3.05) is 6.54 Å². The van der Waals surface area contributed by atoms with Crippen LogP contribution >= 0.6 is 0 Å². The highest BCUT2D eigenvalue weighted by Gasteiger charge is 2.39. The van der Waals surface area contributed by atoms with Crippen LogP contribution < -0.4 is 4.74 Å². The Balaban J connectivity index is 1.65. The minimum absolute atomic E-state index is 0.0855. The van der Waals surface area contributed by atoms with E-state index in [1.54, 1.807) is 37.8 Å². The predicted molar refractivity (Wildman–Crippen MR) is 137 cm³/mol. The Morgan fingerprint density at radius 1 is 1.27 bits per heavy atom. The van der Waals surface area contributed by atoms with E-state index in [2.05, 4.69) is 10.3 Å². The molecule has 1 aliphatic heterocycles. The third-order valence-corrected chi connectivity index (χ3v) is 6.87. The molecular formula is C28H34N4O5.